The summed E-state index contributed by atoms with van der Waals surface area (Å²) in [4.78, 5) is 2.21. The molecule has 0 aliphatic rings. The number of rotatable bonds is 10. The van der Waals surface area contributed by atoms with Crippen molar-refractivity contribution in [2.75, 3.05) is 33.4 Å². The van der Waals surface area contributed by atoms with Crippen molar-refractivity contribution in [1.29, 1.82) is 0 Å². The molecular formula is C14H26N2O2. The summed E-state index contributed by atoms with van der Waals surface area (Å²) in [5.74, 6) is 2.03. The largest absolute Gasteiger partial charge is 0.463 e. The molecule has 4 heteroatoms. The van der Waals surface area contributed by atoms with Gasteiger partial charge in [0.25, 0.3) is 0 Å². The number of furan rings is 1. The normalized spacial score (nSPS) is 11.3. The molecule has 0 aliphatic heterocycles. The fourth-order valence-corrected chi connectivity index (χ4v) is 1.70. The maximum absolute atomic E-state index is 5.76. The van der Waals surface area contributed by atoms with Crippen LogP contribution in [0.25, 0.3) is 0 Å². The van der Waals surface area contributed by atoms with E-state index in [4.69, 9.17) is 9.15 Å². The Kier molecular flexibility index (Phi) is 7.73. The first-order valence-corrected chi connectivity index (χ1v) is 6.80. The highest BCUT2D eigenvalue weighted by Crippen LogP contribution is 2.09. The maximum atomic E-state index is 5.76. The number of nitrogens with zero attached hydrogens (tertiary/aromatic N) is 1. The minimum Gasteiger partial charge on any atom is -0.463 e. The summed E-state index contributed by atoms with van der Waals surface area (Å²) in [6, 6.07) is 4.11. The molecule has 4 nitrogen and oxygen atoms in total. The molecule has 0 saturated carbocycles. The van der Waals surface area contributed by atoms with E-state index in [1.165, 1.54) is 0 Å². The third kappa shape index (κ3) is 6.19. The molecule has 18 heavy (non-hydrogen) atoms. The number of hydrogen-bond donors (Lipinski definition) is 1. The van der Waals surface area contributed by atoms with E-state index in [0.29, 0.717) is 0 Å². The molecule has 0 atom stereocenters. The number of ether oxygens (including phenoxy) is 1. The van der Waals surface area contributed by atoms with Crippen molar-refractivity contribution in [3.63, 3.8) is 0 Å². The molecule has 104 valence electrons. The van der Waals surface area contributed by atoms with E-state index in [1.807, 2.05) is 13.0 Å². The van der Waals surface area contributed by atoms with E-state index < -0.39 is 0 Å². The minimum atomic E-state index is 0.776. The fourth-order valence-electron chi connectivity index (χ4n) is 1.70. The van der Waals surface area contributed by atoms with Crippen LogP contribution in [0, 0.1) is 0 Å². The zero-order valence-corrected chi connectivity index (χ0v) is 11.9. The van der Waals surface area contributed by atoms with Gasteiger partial charge in [-0.25, -0.2) is 0 Å². The lowest BCUT2D eigenvalue weighted by atomic mass is 10.4. The van der Waals surface area contributed by atoms with Crippen molar-refractivity contribution < 1.29 is 9.15 Å². The van der Waals surface area contributed by atoms with Gasteiger partial charge in [0.2, 0.25) is 0 Å². The lowest BCUT2D eigenvalue weighted by molar-refractivity contribution is 0.118. The minimum absolute atomic E-state index is 0.776. The molecule has 0 radical (unpaired) electrons. The average Bonchev–Trinajstić information content (AvgIpc) is 2.77. The van der Waals surface area contributed by atoms with Crippen LogP contribution >= 0.6 is 0 Å². The van der Waals surface area contributed by atoms with Crippen LogP contribution in [0.15, 0.2) is 16.5 Å². The Morgan fingerprint density at radius 2 is 2.06 bits per heavy atom. The first kappa shape index (κ1) is 15.2. The second kappa shape index (κ2) is 9.14. The van der Waals surface area contributed by atoms with Crippen LogP contribution in [-0.4, -0.2) is 38.3 Å². The van der Waals surface area contributed by atoms with Gasteiger partial charge < -0.3 is 14.5 Å². The predicted octanol–water partition coefficient (Wildman–Crippen LogP) is 2.25. The van der Waals surface area contributed by atoms with E-state index in [1.54, 1.807) is 0 Å². The Balaban J connectivity index is 2.25. The Morgan fingerprint density at radius 1 is 1.28 bits per heavy atom. The first-order valence-electron chi connectivity index (χ1n) is 6.80. The van der Waals surface area contributed by atoms with Crippen molar-refractivity contribution in [1.82, 2.24) is 10.2 Å². The molecule has 1 rings (SSSR count). The number of likely N-dealkylation sites (N-methyl/N-ethyl adjacent to an activating group) is 1. The molecule has 1 aromatic rings. The molecule has 1 N–H and O–H groups in total. The summed E-state index contributed by atoms with van der Waals surface area (Å²) in [5.41, 5.74) is 0. The molecule has 0 spiro atoms. The Labute approximate surface area is 110 Å². The third-order valence-electron chi connectivity index (χ3n) is 2.69. The monoisotopic (exact) mass is 254 g/mol. The lowest BCUT2D eigenvalue weighted by Gasteiger charge is -2.14. The Bertz CT molecular complexity index is 312. The highest BCUT2D eigenvalue weighted by atomic mass is 16.5. The van der Waals surface area contributed by atoms with E-state index in [-0.39, 0.29) is 0 Å². The zero-order valence-electron chi connectivity index (χ0n) is 11.9. The van der Waals surface area contributed by atoms with Gasteiger partial charge in [0.1, 0.15) is 11.5 Å². The van der Waals surface area contributed by atoms with Gasteiger partial charge >= 0.3 is 0 Å². The summed E-state index contributed by atoms with van der Waals surface area (Å²) in [5, 5.41) is 3.33. The van der Waals surface area contributed by atoms with Gasteiger partial charge in [-0.2, -0.15) is 0 Å². The molecule has 1 heterocycles. The van der Waals surface area contributed by atoms with Crippen LogP contribution in [0.2, 0.25) is 0 Å². The molecule has 0 fully saturated rings. The topological polar surface area (TPSA) is 37.6 Å². The average molecular weight is 254 g/mol. The standard InChI is InChI=1S/C14H26N2O2/c1-4-8-15-11-13-6-7-14(18-13)12-16(3)9-10-17-5-2/h6-7,15H,4-5,8-12H2,1-3H3. The van der Waals surface area contributed by atoms with Crippen molar-refractivity contribution >= 4 is 0 Å². The van der Waals surface area contributed by atoms with Crippen molar-refractivity contribution in [2.45, 2.75) is 33.4 Å². The summed E-state index contributed by atoms with van der Waals surface area (Å²) in [7, 11) is 2.08. The van der Waals surface area contributed by atoms with Gasteiger partial charge in [-0.1, -0.05) is 6.92 Å². The molecule has 0 bridgehead atoms. The van der Waals surface area contributed by atoms with E-state index in [9.17, 15) is 0 Å². The highest BCUT2D eigenvalue weighted by Gasteiger charge is 2.05. The maximum Gasteiger partial charge on any atom is 0.118 e. The van der Waals surface area contributed by atoms with Gasteiger partial charge in [-0.3, -0.25) is 4.90 Å². The molecular weight excluding hydrogens is 228 g/mol. The van der Waals surface area contributed by atoms with E-state index in [2.05, 4.69) is 30.3 Å². The SMILES string of the molecule is CCCNCc1ccc(CN(C)CCOCC)o1. The van der Waals surface area contributed by atoms with Gasteiger partial charge in [-0.05, 0) is 39.1 Å². The summed E-state index contributed by atoms with van der Waals surface area (Å²) in [6.45, 7) is 9.34. The van der Waals surface area contributed by atoms with E-state index >= 15 is 0 Å². The Hall–Kier alpha value is -0.840. The molecule has 0 saturated heterocycles. The Morgan fingerprint density at radius 3 is 2.78 bits per heavy atom. The predicted molar refractivity (Wildman–Crippen MR) is 73.5 cm³/mol. The second-order valence-electron chi connectivity index (χ2n) is 4.48. The molecule has 0 aliphatic carbocycles. The molecule has 1 aromatic heterocycles. The molecule has 0 unspecified atom stereocenters. The van der Waals surface area contributed by atoms with Crippen LogP contribution < -0.4 is 5.32 Å². The zero-order chi connectivity index (χ0) is 13.2. The van der Waals surface area contributed by atoms with Gasteiger partial charge in [0.15, 0.2) is 0 Å². The van der Waals surface area contributed by atoms with Crippen molar-refractivity contribution in [3.05, 3.63) is 23.7 Å². The third-order valence-corrected chi connectivity index (χ3v) is 2.69. The number of nitrogens with one attached hydrogen (secondary N) is 1. The smallest absolute Gasteiger partial charge is 0.118 e. The van der Waals surface area contributed by atoms with Crippen LogP contribution in [-0.2, 0) is 17.8 Å². The van der Waals surface area contributed by atoms with Crippen LogP contribution in [0.1, 0.15) is 31.8 Å². The fraction of sp³-hybridized carbons (Fsp3) is 0.714. The van der Waals surface area contributed by atoms with Gasteiger partial charge in [0, 0.05) is 13.2 Å². The lowest BCUT2D eigenvalue weighted by Crippen LogP contribution is -2.22. The van der Waals surface area contributed by atoms with Crippen LogP contribution in [0.5, 0.6) is 0 Å². The van der Waals surface area contributed by atoms with Gasteiger partial charge in [-0.15, -0.1) is 0 Å². The highest BCUT2D eigenvalue weighted by molar-refractivity contribution is 5.06. The van der Waals surface area contributed by atoms with E-state index in [0.717, 1.165) is 57.3 Å². The quantitative estimate of drug-likeness (QED) is 0.650. The van der Waals surface area contributed by atoms with Crippen molar-refractivity contribution in [3.8, 4) is 0 Å². The summed E-state index contributed by atoms with van der Waals surface area (Å²) < 4.78 is 11.1. The molecule has 0 amide bonds. The summed E-state index contributed by atoms with van der Waals surface area (Å²) in [6.07, 6.45) is 1.15. The summed E-state index contributed by atoms with van der Waals surface area (Å²) >= 11 is 0. The van der Waals surface area contributed by atoms with Crippen LogP contribution in [0.3, 0.4) is 0 Å². The first-order chi connectivity index (χ1) is 8.76. The second-order valence-corrected chi connectivity index (χ2v) is 4.48. The van der Waals surface area contributed by atoms with Crippen molar-refractivity contribution in [2.24, 2.45) is 0 Å². The number of hydrogen-bond acceptors (Lipinski definition) is 4. The molecule has 0 aromatic carbocycles. The van der Waals surface area contributed by atoms with Gasteiger partial charge in [0.05, 0.1) is 19.7 Å². The van der Waals surface area contributed by atoms with Crippen LogP contribution in [0.4, 0.5) is 0 Å².